The van der Waals surface area contributed by atoms with E-state index in [9.17, 15) is 0 Å². The molecule has 0 heterocycles. The SMILES string of the molecule is CCCNCC(OC1CCC(C)CC1)c1cccc(C)c1. The van der Waals surface area contributed by atoms with Gasteiger partial charge in [0.25, 0.3) is 0 Å². The van der Waals surface area contributed by atoms with Crippen LogP contribution in [0.1, 0.15) is 63.2 Å². The minimum absolute atomic E-state index is 0.190. The van der Waals surface area contributed by atoms with Crippen LogP contribution in [0.15, 0.2) is 24.3 Å². The third kappa shape index (κ3) is 5.44. The van der Waals surface area contributed by atoms with Crippen molar-refractivity contribution in [3.05, 3.63) is 35.4 Å². The number of rotatable bonds is 7. The van der Waals surface area contributed by atoms with Gasteiger partial charge in [0.2, 0.25) is 0 Å². The van der Waals surface area contributed by atoms with Crippen LogP contribution in [0, 0.1) is 12.8 Å². The van der Waals surface area contributed by atoms with Crippen LogP contribution in [0.4, 0.5) is 0 Å². The van der Waals surface area contributed by atoms with Crippen molar-refractivity contribution >= 4 is 0 Å². The summed E-state index contributed by atoms with van der Waals surface area (Å²) in [6, 6.07) is 8.77. The van der Waals surface area contributed by atoms with Gasteiger partial charge < -0.3 is 10.1 Å². The highest BCUT2D eigenvalue weighted by molar-refractivity contribution is 5.24. The molecule has 1 fully saturated rings. The molecule has 0 aromatic heterocycles. The molecule has 0 aliphatic heterocycles. The maximum Gasteiger partial charge on any atom is 0.0953 e. The average Bonchev–Trinajstić information content (AvgIpc) is 2.48. The molecule has 0 saturated heterocycles. The molecular weight excluding hydrogens is 258 g/mol. The molecule has 1 N–H and O–H groups in total. The highest BCUT2D eigenvalue weighted by Gasteiger charge is 2.23. The van der Waals surface area contributed by atoms with Gasteiger partial charge in [0, 0.05) is 6.54 Å². The normalized spacial score (nSPS) is 24.0. The summed E-state index contributed by atoms with van der Waals surface area (Å²) in [6.45, 7) is 8.70. The van der Waals surface area contributed by atoms with Gasteiger partial charge in [-0.15, -0.1) is 0 Å². The van der Waals surface area contributed by atoms with Gasteiger partial charge in [0.1, 0.15) is 0 Å². The standard InChI is InChI=1S/C19H31NO/c1-4-12-20-14-19(17-7-5-6-16(3)13-17)21-18-10-8-15(2)9-11-18/h5-7,13,15,18-20H,4,8-12,14H2,1-3H3. The molecule has 1 aliphatic rings. The van der Waals surface area contributed by atoms with E-state index in [1.165, 1.54) is 43.2 Å². The van der Waals surface area contributed by atoms with Gasteiger partial charge in [0.05, 0.1) is 12.2 Å². The Morgan fingerprint density at radius 2 is 2.00 bits per heavy atom. The van der Waals surface area contributed by atoms with E-state index in [2.05, 4.69) is 50.4 Å². The fourth-order valence-electron chi connectivity index (χ4n) is 3.12. The summed E-state index contributed by atoms with van der Waals surface area (Å²) in [5.74, 6) is 0.875. The van der Waals surface area contributed by atoms with Crippen LogP contribution in [0.5, 0.6) is 0 Å². The van der Waals surface area contributed by atoms with Crippen LogP contribution in [0.2, 0.25) is 0 Å². The second kappa shape index (κ2) is 8.55. The molecule has 21 heavy (non-hydrogen) atoms. The Hall–Kier alpha value is -0.860. The molecule has 1 saturated carbocycles. The number of hydrogen-bond donors (Lipinski definition) is 1. The summed E-state index contributed by atoms with van der Waals surface area (Å²) in [5.41, 5.74) is 2.63. The van der Waals surface area contributed by atoms with Crippen LogP contribution in [0.3, 0.4) is 0 Å². The fourth-order valence-corrected chi connectivity index (χ4v) is 3.12. The minimum atomic E-state index is 0.190. The second-order valence-electron chi connectivity index (χ2n) is 6.62. The summed E-state index contributed by atoms with van der Waals surface area (Å²) in [5, 5.41) is 3.53. The Balaban J connectivity index is 1.98. The summed E-state index contributed by atoms with van der Waals surface area (Å²) in [7, 11) is 0. The van der Waals surface area contributed by atoms with E-state index in [4.69, 9.17) is 4.74 Å². The first-order chi connectivity index (χ1) is 10.2. The van der Waals surface area contributed by atoms with Gasteiger partial charge in [-0.2, -0.15) is 0 Å². The maximum absolute atomic E-state index is 6.46. The zero-order valence-corrected chi connectivity index (χ0v) is 13.9. The first kappa shape index (κ1) is 16.5. The lowest BCUT2D eigenvalue weighted by Crippen LogP contribution is -2.29. The largest absolute Gasteiger partial charge is 0.369 e. The molecule has 2 rings (SSSR count). The number of nitrogens with one attached hydrogen (secondary N) is 1. The molecule has 1 aliphatic carbocycles. The van der Waals surface area contributed by atoms with Crippen LogP contribution in [-0.2, 0) is 4.74 Å². The number of hydrogen-bond acceptors (Lipinski definition) is 2. The van der Waals surface area contributed by atoms with Crippen molar-refractivity contribution in [3.63, 3.8) is 0 Å². The van der Waals surface area contributed by atoms with E-state index >= 15 is 0 Å². The molecule has 0 radical (unpaired) electrons. The van der Waals surface area contributed by atoms with Gasteiger partial charge in [-0.05, 0) is 57.1 Å². The lowest BCUT2D eigenvalue weighted by molar-refractivity contribution is -0.0362. The van der Waals surface area contributed by atoms with Gasteiger partial charge in [-0.25, -0.2) is 0 Å². The summed E-state index contributed by atoms with van der Waals surface area (Å²) < 4.78 is 6.46. The van der Waals surface area contributed by atoms with Crippen molar-refractivity contribution in [2.75, 3.05) is 13.1 Å². The second-order valence-corrected chi connectivity index (χ2v) is 6.62. The topological polar surface area (TPSA) is 21.3 Å². The highest BCUT2D eigenvalue weighted by Crippen LogP contribution is 2.29. The van der Waals surface area contributed by atoms with Crippen molar-refractivity contribution in [1.29, 1.82) is 0 Å². The predicted molar refractivity (Wildman–Crippen MR) is 89.6 cm³/mol. The fraction of sp³-hybridized carbons (Fsp3) is 0.684. The van der Waals surface area contributed by atoms with E-state index in [1.54, 1.807) is 0 Å². The summed E-state index contributed by atoms with van der Waals surface area (Å²) in [6.07, 6.45) is 6.86. The molecular formula is C19H31NO. The van der Waals surface area contributed by atoms with E-state index in [0.717, 1.165) is 19.0 Å². The van der Waals surface area contributed by atoms with E-state index in [1.807, 2.05) is 0 Å². The average molecular weight is 289 g/mol. The summed E-state index contributed by atoms with van der Waals surface area (Å²) in [4.78, 5) is 0. The van der Waals surface area contributed by atoms with E-state index in [0.29, 0.717) is 6.10 Å². The Kier molecular flexibility index (Phi) is 6.72. The zero-order valence-electron chi connectivity index (χ0n) is 13.9. The first-order valence-corrected chi connectivity index (χ1v) is 8.61. The number of aryl methyl sites for hydroxylation is 1. The molecule has 1 aromatic rings. The quantitative estimate of drug-likeness (QED) is 0.739. The Labute approximate surface area is 130 Å². The van der Waals surface area contributed by atoms with E-state index in [-0.39, 0.29) is 6.10 Å². The summed E-state index contributed by atoms with van der Waals surface area (Å²) >= 11 is 0. The Morgan fingerprint density at radius 3 is 2.67 bits per heavy atom. The van der Waals surface area contributed by atoms with Crippen molar-refractivity contribution in [2.24, 2.45) is 5.92 Å². The lowest BCUT2D eigenvalue weighted by atomic mass is 9.88. The molecule has 0 spiro atoms. The molecule has 1 atom stereocenters. The zero-order chi connectivity index (χ0) is 15.1. The Morgan fingerprint density at radius 1 is 1.24 bits per heavy atom. The van der Waals surface area contributed by atoms with Crippen molar-refractivity contribution in [2.45, 2.75) is 65.1 Å². The molecule has 2 heteroatoms. The maximum atomic E-state index is 6.46. The van der Waals surface area contributed by atoms with Crippen LogP contribution in [-0.4, -0.2) is 19.2 Å². The molecule has 0 bridgehead atoms. The van der Waals surface area contributed by atoms with Crippen molar-refractivity contribution in [3.8, 4) is 0 Å². The Bertz CT molecular complexity index is 410. The molecule has 0 amide bonds. The lowest BCUT2D eigenvalue weighted by Gasteiger charge is -2.30. The third-order valence-electron chi connectivity index (χ3n) is 4.49. The third-order valence-corrected chi connectivity index (χ3v) is 4.49. The molecule has 1 unspecified atom stereocenters. The van der Waals surface area contributed by atoms with Gasteiger partial charge in [-0.3, -0.25) is 0 Å². The smallest absolute Gasteiger partial charge is 0.0953 e. The van der Waals surface area contributed by atoms with Gasteiger partial charge >= 0.3 is 0 Å². The van der Waals surface area contributed by atoms with E-state index < -0.39 is 0 Å². The van der Waals surface area contributed by atoms with Crippen LogP contribution in [0.25, 0.3) is 0 Å². The number of benzene rings is 1. The highest BCUT2D eigenvalue weighted by atomic mass is 16.5. The van der Waals surface area contributed by atoms with Crippen LogP contribution >= 0.6 is 0 Å². The predicted octanol–water partition coefficient (Wildman–Crippen LogP) is 4.63. The first-order valence-electron chi connectivity index (χ1n) is 8.61. The number of ether oxygens (including phenoxy) is 1. The molecule has 2 nitrogen and oxygen atoms in total. The van der Waals surface area contributed by atoms with Crippen molar-refractivity contribution < 1.29 is 4.74 Å². The monoisotopic (exact) mass is 289 g/mol. The van der Waals surface area contributed by atoms with Crippen molar-refractivity contribution in [1.82, 2.24) is 5.32 Å². The minimum Gasteiger partial charge on any atom is -0.369 e. The molecule has 118 valence electrons. The van der Waals surface area contributed by atoms with Crippen LogP contribution < -0.4 is 5.32 Å². The molecule has 1 aromatic carbocycles. The van der Waals surface area contributed by atoms with Gasteiger partial charge in [0.15, 0.2) is 0 Å². The van der Waals surface area contributed by atoms with Gasteiger partial charge in [-0.1, -0.05) is 43.7 Å².